The van der Waals surface area contributed by atoms with Gasteiger partial charge in [-0.15, -0.1) is 0 Å². The molecule has 1 atom stereocenters. The van der Waals surface area contributed by atoms with Crippen molar-refractivity contribution in [3.05, 3.63) is 59.7 Å². The molecule has 0 heterocycles. The molecule has 0 saturated carbocycles. The first kappa shape index (κ1) is 16.8. The average Bonchev–Trinajstić information content (AvgIpc) is 2.61. The van der Waals surface area contributed by atoms with E-state index < -0.39 is 11.5 Å². The lowest BCUT2D eigenvalue weighted by Gasteiger charge is -2.29. The number of hydrogen-bond donors (Lipinski definition) is 1. The second-order valence-corrected chi connectivity index (χ2v) is 4.96. The molecule has 2 aromatic carbocycles. The summed E-state index contributed by atoms with van der Waals surface area (Å²) in [6.45, 7) is 1.98. The second kappa shape index (κ2) is 7.15. The number of benzene rings is 2. The van der Waals surface area contributed by atoms with Crippen LogP contribution in [0.5, 0.6) is 11.5 Å². The highest BCUT2D eigenvalue weighted by atomic mass is 16.5. The predicted molar refractivity (Wildman–Crippen MR) is 87.6 cm³/mol. The Bertz CT molecular complexity index is 672. The highest BCUT2D eigenvalue weighted by Gasteiger charge is 2.42. The van der Waals surface area contributed by atoms with E-state index in [1.807, 2.05) is 18.2 Å². The lowest BCUT2D eigenvalue weighted by molar-refractivity contribution is -0.148. The van der Waals surface area contributed by atoms with Crippen LogP contribution in [-0.4, -0.2) is 26.8 Å². The Morgan fingerprint density at radius 1 is 1.09 bits per heavy atom. The Morgan fingerprint density at radius 2 is 1.78 bits per heavy atom. The lowest BCUT2D eigenvalue weighted by atomic mass is 9.83. The van der Waals surface area contributed by atoms with Crippen molar-refractivity contribution in [3.8, 4) is 11.5 Å². The van der Waals surface area contributed by atoms with Crippen LogP contribution < -0.4 is 15.2 Å². The third-order valence-corrected chi connectivity index (χ3v) is 3.66. The van der Waals surface area contributed by atoms with Crippen molar-refractivity contribution in [2.24, 2.45) is 5.73 Å². The summed E-state index contributed by atoms with van der Waals surface area (Å²) in [5.41, 5.74) is 6.23. The normalized spacial score (nSPS) is 13.0. The molecular weight excluding hydrogens is 294 g/mol. The number of carbonyl (C=O) groups excluding carboxylic acids is 1. The van der Waals surface area contributed by atoms with Crippen LogP contribution in [-0.2, 0) is 15.1 Å². The molecule has 0 amide bonds. The number of nitrogens with two attached hydrogens (primary N) is 1. The van der Waals surface area contributed by atoms with E-state index in [0.717, 1.165) is 0 Å². The van der Waals surface area contributed by atoms with Crippen LogP contribution in [0.2, 0.25) is 0 Å². The highest BCUT2D eigenvalue weighted by molar-refractivity contribution is 5.88. The van der Waals surface area contributed by atoms with Crippen LogP contribution >= 0.6 is 0 Å². The molecule has 0 saturated heterocycles. The molecule has 2 rings (SSSR count). The van der Waals surface area contributed by atoms with Gasteiger partial charge in [0, 0.05) is 11.6 Å². The summed E-state index contributed by atoms with van der Waals surface area (Å²) in [5, 5.41) is 0. The molecule has 0 aliphatic heterocycles. The van der Waals surface area contributed by atoms with Crippen LogP contribution in [0.3, 0.4) is 0 Å². The number of rotatable bonds is 6. The monoisotopic (exact) mass is 315 g/mol. The molecule has 5 nitrogen and oxygen atoms in total. The van der Waals surface area contributed by atoms with Crippen LogP contribution in [0.1, 0.15) is 18.1 Å². The molecular formula is C18H21NO4. The number of ether oxygens (including phenoxy) is 3. The first-order chi connectivity index (χ1) is 11.1. The quantitative estimate of drug-likeness (QED) is 0.829. The lowest BCUT2D eigenvalue weighted by Crippen LogP contribution is -2.47. The molecule has 23 heavy (non-hydrogen) atoms. The maximum absolute atomic E-state index is 12.7. The first-order valence-electron chi connectivity index (χ1n) is 7.32. The van der Waals surface area contributed by atoms with Gasteiger partial charge in [0.25, 0.3) is 0 Å². The number of esters is 1. The van der Waals surface area contributed by atoms with Gasteiger partial charge in [-0.3, -0.25) is 0 Å². The van der Waals surface area contributed by atoms with E-state index in [2.05, 4.69) is 0 Å². The van der Waals surface area contributed by atoms with Crippen LogP contribution in [0.15, 0.2) is 48.5 Å². The van der Waals surface area contributed by atoms with Gasteiger partial charge in [0.15, 0.2) is 5.54 Å². The van der Waals surface area contributed by atoms with Gasteiger partial charge in [0.1, 0.15) is 11.5 Å². The van der Waals surface area contributed by atoms with E-state index in [0.29, 0.717) is 22.6 Å². The van der Waals surface area contributed by atoms with E-state index in [9.17, 15) is 4.79 Å². The third kappa shape index (κ3) is 3.14. The summed E-state index contributed by atoms with van der Waals surface area (Å²) in [4.78, 5) is 12.7. The fraction of sp³-hybridized carbons (Fsp3) is 0.278. The van der Waals surface area contributed by atoms with Gasteiger partial charge in [-0.1, -0.05) is 30.3 Å². The van der Waals surface area contributed by atoms with Crippen molar-refractivity contribution in [1.29, 1.82) is 0 Å². The van der Waals surface area contributed by atoms with Crippen molar-refractivity contribution in [1.82, 2.24) is 0 Å². The standard InChI is InChI=1S/C18H21NO4/c1-4-23-17(20)18(19,13-8-6-5-7-9-13)15-11-10-14(21-2)12-16(15)22-3/h5-12H,4,19H2,1-3H3. The molecule has 2 N–H and O–H groups in total. The first-order valence-corrected chi connectivity index (χ1v) is 7.32. The largest absolute Gasteiger partial charge is 0.497 e. The molecule has 1 unspecified atom stereocenters. The van der Waals surface area contributed by atoms with Gasteiger partial charge in [-0.2, -0.15) is 0 Å². The molecule has 0 spiro atoms. The van der Waals surface area contributed by atoms with E-state index in [-0.39, 0.29) is 6.61 Å². The average molecular weight is 315 g/mol. The Balaban J connectivity index is 2.65. The molecule has 0 aliphatic carbocycles. The summed E-state index contributed by atoms with van der Waals surface area (Å²) < 4.78 is 15.8. The third-order valence-electron chi connectivity index (χ3n) is 3.66. The van der Waals surface area contributed by atoms with E-state index in [1.165, 1.54) is 7.11 Å². The van der Waals surface area contributed by atoms with Gasteiger partial charge in [-0.25, -0.2) is 4.79 Å². The van der Waals surface area contributed by atoms with Crippen molar-refractivity contribution in [3.63, 3.8) is 0 Å². The SMILES string of the molecule is CCOC(=O)C(N)(c1ccccc1)c1ccc(OC)cc1OC. The van der Waals surface area contributed by atoms with Gasteiger partial charge >= 0.3 is 5.97 Å². The minimum absolute atomic E-state index is 0.239. The van der Waals surface area contributed by atoms with Crippen LogP contribution in [0.4, 0.5) is 0 Å². The summed E-state index contributed by atoms with van der Waals surface area (Å²) in [6.07, 6.45) is 0. The zero-order valence-corrected chi connectivity index (χ0v) is 13.5. The van der Waals surface area contributed by atoms with Gasteiger partial charge in [0.2, 0.25) is 0 Å². The second-order valence-electron chi connectivity index (χ2n) is 4.96. The van der Waals surface area contributed by atoms with Crippen molar-refractivity contribution in [2.45, 2.75) is 12.5 Å². The molecule has 0 fully saturated rings. The fourth-order valence-corrected chi connectivity index (χ4v) is 2.45. The minimum Gasteiger partial charge on any atom is -0.497 e. The Morgan fingerprint density at radius 3 is 2.35 bits per heavy atom. The van der Waals surface area contributed by atoms with Crippen molar-refractivity contribution >= 4 is 5.97 Å². The molecule has 0 aromatic heterocycles. The zero-order valence-electron chi connectivity index (χ0n) is 13.5. The van der Waals surface area contributed by atoms with Crippen LogP contribution in [0.25, 0.3) is 0 Å². The van der Waals surface area contributed by atoms with Crippen molar-refractivity contribution in [2.75, 3.05) is 20.8 Å². The van der Waals surface area contributed by atoms with Crippen LogP contribution in [0, 0.1) is 0 Å². The van der Waals surface area contributed by atoms with E-state index >= 15 is 0 Å². The maximum atomic E-state index is 12.7. The summed E-state index contributed by atoms with van der Waals surface area (Å²) in [5.74, 6) is 0.545. The van der Waals surface area contributed by atoms with Gasteiger partial charge in [-0.05, 0) is 24.6 Å². The Hall–Kier alpha value is -2.53. The molecule has 2 aromatic rings. The summed E-state index contributed by atoms with van der Waals surface area (Å²) in [6, 6.07) is 14.3. The van der Waals surface area contributed by atoms with Gasteiger partial charge < -0.3 is 19.9 Å². The predicted octanol–water partition coefficient (Wildman–Crippen LogP) is 2.47. The van der Waals surface area contributed by atoms with Crippen molar-refractivity contribution < 1.29 is 19.0 Å². The highest BCUT2D eigenvalue weighted by Crippen LogP contribution is 2.37. The Labute approximate surface area is 136 Å². The van der Waals surface area contributed by atoms with Gasteiger partial charge in [0.05, 0.1) is 20.8 Å². The molecule has 0 bridgehead atoms. The molecule has 5 heteroatoms. The smallest absolute Gasteiger partial charge is 0.335 e. The maximum Gasteiger partial charge on any atom is 0.335 e. The van der Waals surface area contributed by atoms with E-state index in [4.69, 9.17) is 19.9 Å². The molecule has 0 aliphatic rings. The Kier molecular flexibility index (Phi) is 5.24. The topological polar surface area (TPSA) is 70.8 Å². The fourth-order valence-electron chi connectivity index (χ4n) is 2.45. The molecule has 122 valence electrons. The zero-order chi connectivity index (χ0) is 16.9. The summed E-state index contributed by atoms with van der Waals surface area (Å²) >= 11 is 0. The number of methoxy groups -OCH3 is 2. The minimum atomic E-state index is -1.46. The van der Waals surface area contributed by atoms with E-state index in [1.54, 1.807) is 44.4 Å². The molecule has 0 radical (unpaired) electrons. The number of carbonyl (C=O) groups is 1. The number of hydrogen-bond acceptors (Lipinski definition) is 5. The summed E-state index contributed by atoms with van der Waals surface area (Å²) in [7, 11) is 3.08.